The predicted octanol–water partition coefficient (Wildman–Crippen LogP) is 5.94. The molecule has 1 aromatic heterocycles. The molecule has 0 spiro atoms. The van der Waals surface area contributed by atoms with Gasteiger partial charge in [-0.25, -0.2) is 0 Å². The molecule has 0 atom stereocenters. The summed E-state index contributed by atoms with van der Waals surface area (Å²) in [6, 6.07) is 15.8. The van der Waals surface area contributed by atoms with E-state index in [1.807, 2.05) is 30.3 Å². The minimum absolute atomic E-state index is 0.158. The van der Waals surface area contributed by atoms with Gasteiger partial charge >= 0.3 is 6.18 Å². The van der Waals surface area contributed by atoms with Gasteiger partial charge in [-0.1, -0.05) is 34.1 Å². The van der Waals surface area contributed by atoms with Crippen LogP contribution in [0.3, 0.4) is 0 Å². The molecule has 9 heteroatoms. The first-order valence-corrected chi connectivity index (χ1v) is 11.5. The van der Waals surface area contributed by atoms with Crippen molar-refractivity contribution in [3.8, 4) is 5.75 Å². The fourth-order valence-electron chi connectivity index (χ4n) is 3.52. The second kappa shape index (κ2) is 9.99. The van der Waals surface area contributed by atoms with Gasteiger partial charge in [-0.3, -0.25) is 9.48 Å². The van der Waals surface area contributed by atoms with Crippen molar-refractivity contribution < 1.29 is 22.7 Å². The maximum Gasteiger partial charge on any atom is 0.435 e. The Morgan fingerprint density at radius 2 is 1.94 bits per heavy atom. The van der Waals surface area contributed by atoms with Gasteiger partial charge in [-0.15, -0.1) is 0 Å². The Morgan fingerprint density at radius 3 is 2.67 bits per heavy atom. The summed E-state index contributed by atoms with van der Waals surface area (Å²) in [6.45, 7) is 0.980. The number of rotatable bonds is 9. The zero-order valence-electron chi connectivity index (χ0n) is 17.7. The number of aryl methyl sites for hydroxylation is 1. The first-order valence-electron chi connectivity index (χ1n) is 10.7. The molecular weight excluding hydrogens is 499 g/mol. The Morgan fingerprint density at radius 1 is 1.15 bits per heavy atom. The standard InChI is InChI=1S/C24H23BrF3N3O2/c25-19-6-2-7-20(13-19)33-15-16-4-1-5-18(12-16)23(32)29-10-3-11-31-21(17-8-9-17)14-22(30-31)24(26,27)28/h1-2,4-7,12-14,17H,3,8-11,15H2,(H,29,32). The first-order chi connectivity index (χ1) is 15.8. The fourth-order valence-corrected chi connectivity index (χ4v) is 3.89. The van der Waals surface area contributed by atoms with Gasteiger partial charge in [0.1, 0.15) is 12.4 Å². The van der Waals surface area contributed by atoms with E-state index in [0.717, 1.165) is 34.7 Å². The van der Waals surface area contributed by atoms with Crippen LogP contribution in [0.15, 0.2) is 59.1 Å². The number of carbonyl (C=O) groups excluding carboxylic acids is 1. The number of benzene rings is 2. The lowest BCUT2D eigenvalue weighted by molar-refractivity contribution is -0.141. The molecule has 1 amide bonds. The second-order valence-corrected chi connectivity index (χ2v) is 8.92. The highest BCUT2D eigenvalue weighted by Gasteiger charge is 2.37. The number of nitrogens with zero attached hydrogens (tertiary/aromatic N) is 2. The number of nitrogens with one attached hydrogen (secondary N) is 1. The average molecular weight is 522 g/mol. The van der Waals surface area contributed by atoms with Gasteiger partial charge in [0.2, 0.25) is 0 Å². The molecule has 2 aromatic carbocycles. The monoisotopic (exact) mass is 521 g/mol. The van der Waals surface area contributed by atoms with Crippen molar-refractivity contribution in [1.82, 2.24) is 15.1 Å². The van der Waals surface area contributed by atoms with Crippen LogP contribution in [0.1, 0.15) is 52.5 Å². The molecular formula is C24H23BrF3N3O2. The maximum absolute atomic E-state index is 13.0. The molecule has 1 aliphatic carbocycles. The number of amides is 1. The Kier molecular flexibility index (Phi) is 7.07. The lowest BCUT2D eigenvalue weighted by Crippen LogP contribution is -2.25. The van der Waals surface area contributed by atoms with Crippen LogP contribution in [0.25, 0.3) is 0 Å². The number of alkyl halides is 3. The van der Waals surface area contributed by atoms with Gasteiger partial charge in [0.25, 0.3) is 5.91 Å². The van der Waals surface area contributed by atoms with Crippen molar-refractivity contribution in [2.24, 2.45) is 0 Å². The van der Waals surface area contributed by atoms with Crippen LogP contribution in [-0.2, 0) is 19.3 Å². The van der Waals surface area contributed by atoms with Gasteiger partial charge in [-0.05, 0) is 61.2 Å². The van der Waals surface area contributed by atoms with Crippen LogP contribution in [0.5, 0.6) is 5.75 Å². The molecule has 0 saturated heterocycles. The molecule has 0 bridgehead atoms. The van der Waals surface area contributed by atoms with E-state index in [2.05, 4.69) is 26.3 Å². The maximum atomic E-state index is 13.0. The highest BCUT2D eigenvalue weighted by Crippen LogP contribution is 2.42. The van der Waals surface area contributed by atoms with E-state index in [0.29, 0.717) is 37.4 Å². The summed E-state index contributed by atoms with van der Waals surface area (Å²) in [4.78, 5) is 12.5. The Labute approximate surface area is 198 Å². The highest BCUT2D eigenvalue weighted by molar-refractivity contribution is 9.10. The van der Waals surface area contributed by atoms with E-state index in [9.17, 15) is 18.0 Å². The Balaban J connectivity index is 1.28. The normalized spacial score (nSPS) is 13.7. The van der Waals surface area contributed by atoms with Crippen LogP contribution in [-0.4, -0.2) is 22.2 Å². The third-order valence-corrected chi connectivity index (χ3v) is 5.81. The van der Waals surface area contributed by atoms with Gasteiger partial charge in [-0.2, -0.15) is 18.3 Å². The third kappa shape index (κ3) is 6.37. The third-order valence-electron chi connectivity index (χ3n) is 5.32. The summed E-state index contributed by atoms with van der Waals surface area (Å²) < 4.78 is 47.1. The molecule has 1 heterocycles. The quantitative estimate of drug-likeness (QED) is 0.354. The molecule has 33 heavy (non-hydrogen) atoms. The van der Waals surface area contributed by atoms with Crippen molar-refractivity contribution in [2.45, 2.75) is 44.5 Å². The van der Waals surface area contributed by atoms with E-state index >= 15 is 0 Å². The highest BCUT2D eigenvalue weighted by atomic mass is 79.9. The van der Waals surface area contributed by atoms with Gasteiger partial charge in [0.15, 0.2) is 5.69 Å². The summed E-state index contributed by atoms with van der Waals surface area (Å²) in [5, 5.41) is 6.57. The summed E-state index contributed by atoms with van der Waals surface area (Å²) >= 11 is 3.40. The van der Waals surface area contributed by atoms with Crippen molar-refractivity contribution in [2.75, 3.05) is 6.54 Å². The molecule has 1 N–H and O–H groups in total. The largest absolute Gasteiger partial charge is 0.489 e. The number of aromatic nitrogens is 2. The summed E-state index contributed by atoms with van der Waals surface area (Å²) in [5.74, 6) is 0.639. The number of ether oxygens (including phenoxy) is 1. The molecule has 4 rings (SSSR count). The van der Waals surface area contributed by atoms with E-state index in [-0.39, 0.29) is 11.8 Å². The Hall–Kier alpha value is -2.81. The summed E-state index contributed by atoms with van der Waals surface area (Å²) in [7, 11) is 0. The molecule has 0 unspecified atom stereocenters. The average Bonchev–Trinajstić information content (AvgIpc) is 3.53. The lowest BCUT2D eigenvalue weighted by Gasteiger charge is -2.10. The summed E-state index contributed by atoms with van der Waals surface area (Å²) in [5.41, 5.74) is 1.14. The Bertz CT molecular complexity index is 1130. The van der Waals surface area contributed by atoms with Crippen molar-refractivity contribution in [3.63, 3.8) is 0 Å². The zero-order valence-corrected chi connectivity index (χ0v) is 19.3. The number of halogens is 4. The molecule has 3 aromatic rings. The zero-order chi connectivity index (χ0) is 23.4. The molecule has 5 nitrogen and oxygen atoms in total. The first kappa shape index (κ1) is 23.4. The topological polar surface area (TPSA) is 56.2 Å². The van der Waals surface area contributed by atoms with Gasteiger partial charge < -0.3 is 10.1 Å². The summed E-state index contributed by atoms with van der Waals surface area (Å²) in [6.07, 6.45) is -2.19. The van der Waals surface area contributed by atoms with Crippen molar-refractivity contribution in [1.29, 1.82) is 0 Å². The van der Waals surface area contributed by atoms with Crippen molar-refractivity contribution >= 4 is 21.8 Å². The second-order valence-electron chi connectivity index (χ2n) is 8.01. The van der Waals surface area contributed by atoms with Crippen LogP contribution < -0.4 is 10.1 Å². The molecule has 1 aliphatic rings. The predicted molar refractivity (Wildman–Crippen MR) is 121 cm³/mol. The van der Waals surface area contributed by atoms with Crippen LogP contribution in [0.2, 0.25) is 0 Å². The van der Waals surface area contributed by atoms with Gasteiger partial charge in [0.05, 0.1) is 0 Å². The number of hydrogen-bond acceptors (Lipinski definition) is 3. The minimum atomic E-state index is -4.45. The van der Waals surface area contributed by atoms with Gasteiger partial charge in [0, 0.05) is 34.7 Å². The van der Waals surface area contributed by atoms with Crippen LogP contribution >= 0.6 is 15.9 Å². The van der Waals surface area contributed by atoms with E-state index in [1.54, 1.807) is 18.2 Å². The van der Waals surface area contributed by atoms with E-state index in [1.165, 1.54) is 4.68 Å². The van der Waals surface area contributed by atoms with E-state index in [4.69, 9.17) is 4.74 Å². The fraction of sp³-hybridized carbons (Fsp3) is 0.333. The molecule has 174 valence electrons. The SMILES string of the molecule is O=C(NCCCn1nc(C(F)(F)F)cc1C1CC1)c1cccc(COc2cccc(Br)c2)c1. The van der Waals surface area contributed by atoms with E-state index < -0.39 is 11.9 Å². The lowest BCUT2D eigenvalue weighted by atomic mass is 10.1. The van der Waals surface area contributed by atoms with Crippen molar-refractivity contribution in [3.05, 3.63) is 81.6 Å². The number of carbonyl (C=O) groups is 1. The molecule has 1 fully saturated rings. The van der Waals surface area contributed by atoms with Crippen LogP contribution in [0, 0.1) is 0 Å². The minimum Gasteiger partial charge on any atom is -0.489 e. The van der Waals surface area contributed by atoms with Crippen LogP contribution in [0.4, 0.5) is 13.2 Å². The molecule has 0 radical (unpaired) electrons. The smallest absolute Gasteiger partial charge is 0.435 e. The molecule has 0 aliphatic heterocycles. The molecule has 1 saturated carbocycles. The number of hydrogen-bond donors (Lipinski definition) is 1.